The van der Waals surface area contributed by atoms with Crippen molar-refractivity contribution in [3.63, 3.8) is 0 Å². The molecule has 0 aliphatic heterocycles. The van der Waals surface area contributed by atoms with Gasteiger partial charge < -0.3 is 14.9 Å². The zero-order chi connectivity index (χ0) is 9.68. The highest BCUT2D eigenvalue weighted by atomic mass is 16.5. The Kier molecular flexibility index (Phi) is 3.34. The summed E-state index contributed by atoms with van der Waals surface area (Å²) in [4.78, 5) is 0. The van der Waals surface area contributed by atoms with E-state index in [0.717, 1.165) is 0 Å². The molecule has 0 unspecified atom stereocenters. The molecule has 0 atom stereocenters. The maximum atomic E-state index is 9.44. The van der Waals surface area contributed by atoms with E-state index in [-0.39, 0.29) is 12.4 Å². The first-order valence-electron chi connectivity index (χ1n) is 3.92. The van der Waals surface area contributed by atoms with E-state index in [1.807, 2.05) is 0 Å². The number of phenols is 1. The minimum Gasteiger partial charge on any atom is -0.507 e. The smallest absolute Gasteiger partial charge is 0.126 e. The van der Waals surface area contributed by atoms with Crippen molar-refractivity contribution in [2.45, 2.75) is 0 Å². The van der Waals surface area contributed by atoms with Gasteiger partial charge in [0.1, 0.15) is 11.5 Å². The lowest BCUT2D eigenvalue weighted by atomic mass is 10.2. The van der Waals surface area contributed by atoms with Gasteiger partial charge in [-0.15, -0.1) is 0 Å². The SMILES string of the molecule is COc1ccc(C=CCO)c(O)c1. The molecule has 3 heteroatoms. The summed E-state index contributed by atoms with van der Waals surface area (Å²) in [7, 11) is 1.54. The predicted molar refractivity (Wildman–Crippen MR) is 50.8 cm³/mol. The number of phenolic OH excluding ortho intramolecular Hbond substituents is 1. The molecule has 1 rings (SSSR count). The van der Waals surface area contributed by atoms with Gasteiger partial charge >= 0.3 is 0 Å². The van der Waals surface area contributed by atoms with Gasteiger partial charge in [0.25, 0.3) is 0 Å². The monoisotopic (exact) mass is 180 g/mol. The second kappa shape index (κ2) is 4.52. The molecular weight excluding hydrogens is 168 g/mol. The number of ether oxygens (including phenoxy) is 1. The number of aliphatic hydroxyl groups excluding tert-OH is 1. The number of rotatable bonds is 3. The van der Waals surface area contributed by atoms with Crippen LogP contribution < -0.4 is 4.74 Å². The molecule has 0 radical (unpaired) electrons. The number of benzene rings is 1. The summed E-state index contributed by atoms with van der Waals surface area (Å²) in [5.41, 5.74) is 0.662. The molecule has 0 bridgehead atoms. The quantitative estimate of drug-likeness (QED) is 0.739. The van der Waals surface area contributed by atoms with Crippen molar-refractivity contribution in [2.24, 2.45) is 0 Å². The molecule has 0 saturated carbocycles. The number of hydrogen-bond donors (Lipinski definition) is 2. The number of methoxy groups -OCH3 is 1. The van der Waals surface area contributed by atoms with Crippen LogP contribution in [0.3, 0.4) is 0 Å². The van der Waals surface area contributed by atoms with E-state index in [2.05, 4.69) is 0 Å². The fourth-order valence-electron chi connectivity index (χ4n) is 0.971. The van der Waals surface area contributed by atoms with Crippen LogP contribution in [0.5, 0.6) is 11.5 Å². The van der Waals surface area contributed by atoms with Crippen molar-refractivity contribution in [2.75, 3.05) is 13.7 Å². The highest BCUT2D eigenvalue weighted by molar-refractivity contribution is 5.58. The van der Waals surface area contributed by atoms with E-state index < -0.39 is 0 Å². The van der Waals surface area contributed by atoms with Gasteiger partial charge in [-0.1, -0.05) is 12.2 Å². The van der Waals surface area contributed by atoms with E-state index in [0.29, 0.717) is 11.3 Å². The summed E-state index contributed by atoms with van der Waals surface area (Å²) in [6.45, 7) is -0.0362. The normalized spacial score (nSPS) is 10.6. The van der Waals surface area contributed by atoms with Crippen molar-refractivity contribution < 1.29 is 14.9 Å². The van der Waals surface area contributed by atoms with Crippen molar-refractivity contribution in [1.82, 2.24) is 0 Å². The lowest BCUT2D eigenvalue weighted by Gasteiger charge is -2.02. The molecule has 0 aliphatic rings. The molecule has 0 amide bonds. The van der Waals surface area contributed by atoms with E-state index in [9.17, 15) is 5.11 Å². The van der Waals surface area contributed by atoms with Crippen LogP contribution in [0.25, 0.3) is 6.08 Å². The molecule has 0 heterocycles. The fourth-order valence-corrected chi connectivity index (χ4v) is 0.971. The highest BCUT2D eigenvalue weighted by Crippen LogP contribution is 2.24. The van der Waals surface area contributed by atoms with E-state index >= 15 is 0 Å². The summed E-state index contributed by atoms with van der Waals surface area (Å²) in [6, 6.07) is 4.99. The van der Waals surface area contributed by atoms with E-state index in [4.69, 9.17) is 9.84 Å². The first kappa shape index (κ1) is 9.61. The van der Waals surface area contributed by atoms with Gasteiger partial charge in [0.2, 0.25) is 0 Å². The van der Waals surface area contributed by atoms with Gasteiger partial charge in [-0.25, -0.2) is 0 Å². The van der Waals surface area contributed by atoms with Crippen molar-refractivity contribution in [1.29, 1.82) is 0 Å². The maximum absolute atomic E-state index is 9.44. The average molecular weight is 180 g/mol. The molecular formula is C10H12O3. The molecule has 70 valence electrons. The largest absolute Gasteiger partial charge is 0.507 e. The van der Waals surface area contributed by atoms with Crippen molar-refractivity contribution in [3.8, 4) is 11.5 Å². The molecule has 13 heavy (non-hydrogen) atoms. The first-order valence-corrected chi connectivity index (χ1v) is 3.92. The van der Waals surface area contributed by atoms with Crippen LogP contribution in [-0.2, 0) is 0 Å². The van der Waals surface area contributed by atoms with E-state index in [1.54, 1.807) is 24.3 Å². The van der Waals surface area contributed by atoms with Crippen LogP contribution in [0.15, 0.2) is 24.3 Å². The molecule has 0 spiro atoms. The van der Waals surface area contributed by atoms with Gasteiger partial charge in [-0.3, -0.25) is 0 Å². The third kappa shape index (κ3) is 2.49. The van der Waals surface area contributed by atoms with Crippen LogP contribution in [-0.4, -0.2) is 23.9 Å². The van der Waals surface area contributed by atoms with Crippen LogP contribution in [0.4, 0.5) is 0 Å². The van der Waals surface area contributed by atoms with Gasteiger partial charge in [0, 0.05) is 11.6 Å². The van der Waals surface area contributed by atoms with Gasteiger partial charge in [0.05, 0.1) is 13.7 Å². The predicted octanol–water partition coefficient (Wildman–Crippen LogP) is 1.41. The first-order chi connectivity index (χ1) is 6.27. The lowest BCUT2D eigenvalue weighted by Crippen LogP contribution is -1.83. The highest BCUT2D eigenvalue weighted by Gasteiger charge is 1.98. The molecule has 0 aliphatic carbocycles. The Morgan fingerprint density at radius 1 is 1.46 bits per heavy atom. The molecule has 0 saturated heterocycles. The minimum absolute atomic E-state index is 0.0362. The van der Waals surface area contributed by atoms with Gasteiger partial charge in [-0.2, -0.15) is 0 Å². The fraction of sp³-hybridized carbons (Fsp3) is 0.200. The zero-order valence-electron chi connectivity index (χ0n) is 7.40. The number of aromatic hydroxyl groups is 1. The van der Waals surface area contributed by atoms with Crippen LogP contribution >= 0.6 is 0 Å². The summed E-state index contributed by atoms with van der Waals surface area (Å²) < 4.78 is 4.92. The summed E-state index contributed by atoms with van der Waals surface area (Å²) >= 11 is 0. The molecule has 1 aromatic carbocycles. The molecule has 0 aromatic heterocycles. The molecule has 1 aromatic rings. The van der Waals surface area contributed by atoms with Crippen LogP contribution in [0.2, 0.25) is 0 Å². The van der Waals surface area contributed by atoms with Crippen LogP contribution in [0, 0.1) is 0 Å². The Bertz CT molecular complexity index is 305. The third-order valence-electron chi connectivity index (χ3n) is 1.64. The maximum Gasteiger partial charge on any atom is 0.126 e. The molecule has 2 N–H and O–H groups in total. The molecule has 0 fully saturated rings. The zero-order valence-corrected chi connectivity index (χ0v) is 7.40. The minimum atomic E-state index is -0.0362. The van der Waals surface area contributed by atoms with Crippen molar-refractivity contribution in [3.05, 3.63) is 29.8 Å². The topological polar surface area (TPSA) is 49.7 Å². The van der Waals surface area contributed by atoms with Gasteiger partial charge in [-0.05, 0) is 12.1 Å². The second-order valence-electron chi connectivity index (χ2n) is 2.51. The van der Waals surface area contributed by atoms with Crippen molar-refractivity contribution >= 4 is 6.08 Å². The Morgan fingerprint density at radius 2 is 2.23 bits per heavy atom. The average Bonchev–Trinajstić information content (AvgIpc) is 2.16. The van der Waals surface area contributed by atoms with Crippen LogP contribution in [0.1, 0.15) is 5.56 Å². The summed E-state index contributed by atoms with van der Waals surface area (Å²) in [5.74, 6) is 0.752. The Balaban J connectivity index is 2.91. The Labute approximate surface area is 76.9 Å². The second-order valence-corrected chi connectivity index (χ2v) is 2.51. The molecule has 3 nitrogen and oxygen atoms in total. The summed E-state index contributed by atoms with van der Waals surface area (Å²) in [6.07, 6.45) is 3.20. The number of aliphatic hydroxyl groups is 1. The number of hydrogen-bond acceptors (Lipinski definition) is 3. The Morgan fingerprint density at radius 3 is 2.77 bits per heavy atom. The Hall–Kier alpha value is -1.48. The third-order valence-corrected chi connectivity index (χ3v) is 1.64. The summed E-state index contributed by atoms with van der Waals surface area (Å²) in [5, 5.41) is 18.0. The standard InChI is InChI=1S/C10H12O3/c1-13-9-5-4-8(3-2-6-11)10(12)7-9/h2-5,7,11-12H,6H2,1H3. The van der Waals surface area contributed by atoms with Gasteiger partial charge in [0.15, 0.2) is 0 Å². The van der Waals surface area contributed by atoms with E-state index in [1.165, 1.54) is 13.2 Å². The lowest BCUT2D eigenvalue weighted by molar-refractivity contribution is 0.343.